The van der Waals surface area contributed by atoms with Crippen molar-refractivity contribution in [2.75, 3.05) is 0 Å². The van der Waals surface area contributed by atoms with Crippen molar-refractivity contribution in [3.8, 4) is 22.4 Å². The third kappa shape index (κ3) is 3.60. The summed E-state index contributed by atoms with van der Waals surface area (Å²) in [6.07, 6.45) is 4.20. The molecule has 0 saturated heterocycles. The van der Waals surface area contributed by atoms with Crippen LogP contribution in [-0.4, -0.2) is 4.98 Å². The molecule has 2 nitrogen and oxygen atoms in total. The fourth-order valence-corrected chi connectivity index (χ4v) is 4.93. The lowest BCUT2D eigenvalue weighted by atomic mass is 9.93. The maximum atomic E-state index is 6.47. The highest BCUT2D eigenvalue weighted by Crippen LogP contribution is 2.37. The highest BCUT2D eigenvalue weighted by Gasteiger charge is 2.15. The molecule has 0 N–H and O–H groups in total. The van der Waals surface area contributed by atoms with Gasteiger partial charge in [0.05, 0.1) is 5.69 Å². The summed E-state index contributed by atoms with van der Waals surface area (Å²) in [4.78, 5) is 4.71. The van der Waals surface area contributed by atoms with Gasteiger partial charge in [-0.1, -0.05) is 61.4 Å². The van der Waals surface area contributed by atoms with Crippen LogP contribution in [0, 0.1) is 13.8 Å². The molecule has 160 valence electrons. The van der Waals surface area contributed by atoms with E-state index in [4.69, 9.17) is 9.40 Å². The number of aryl methyl sites for hydroxylation is 2. The van der Waals surface area contributed by atoms with Crippen LogP contribution in [0.25, 0.3) is 44.3 Å². The predicted molar refractivity (Wildman–Crippen MR) is 135 cm³/mol. The Balaban J connectivity index is 1.66. The minimum atomic E-state index is 0.562. The van der Waals surface area contributed by atoms with Crippen molar-refractivity contribution in [2.24, 2.45) is 0 Å². The summed E-state index contributed by atoms with van der Waals surface area (Å²) < 4.78 is 6.47. The van der Waals surface area contributed by atoms with Crippen LogP contribution < -0.4 is 0 Å². The van der Waals surface area contributed by atoms with Crippen molar-refractivity contribution in [3.05, 3.63) is 89.6 Å². The number of rotatable bonds is 5. The largest absolute Gasteiger partial charge is 0.455 e. The van der Waals surface area contributed by atoms with E-state index in [0.717, 1.165) is 46.0 Å². The second-order valence-corrected chi connectivity index (χ2v) is 8.86. The first-order valence-corrected chi connectivity index (χ1v) is 11.6. The van der Waals surface area contributed by atoms with Crippen LogP contribution in [0.15, 0.2) is 77.3 Å². The van der Waals surface area contributed by atoms with Gasteiger partial charge in [0.15, 0.2) is 0 Å². The normalized spacial score (nSPS) is 11.7. The molecule has 0 amide bonds. The average molecular weight is 420 g/mol. The number of hydrogen-bond donors (Lipinski definition) is 0. The molecule has 0 atom stereocenters. The Hall–Kier alpha value is -3.39. The molecule has 0 aliphatic carbocycles. The fraction of sp³-hybridized carbons (Fsp3) is 0.233. The number of pyridine rings is 1. The second-order valence-electron chi connectivity index (χ2n) is 8.86. The van der Waals surface area contributed by atoms with Crippen molar-refractivity contribution in [3.63, 3.8) is 0 Å². The zero-order valence-corrected chi connectivity index (χ0v) is 19.3. The number of benzene rings is 3. The predicted octanol–water partition coefficient (Wildman–Crippen LogP) is 8.84. The van der Waals surface area contributed by atoms with E-state index >= 15 is 0 Å². The van der Waals surface area contributed by atoms with Crippen molar-refractivity contribution in [1.29, 1.82) is 0 Å². The molecule has 2 aromatic heterocycles. The number of furan rings is 1. The number of hydrogen-bond acceptors (Lipinski definition) is 2. The SMILES string of the molecule is CCC(CC)c1ccnc(-c2cccc3c2oc2cc(-c4cc(C)cc(C)c4)ccc23)c1. The van der Waals surface area contributed by atoms with E-state index < -0.39 is 0 Å². The molecule has 32 heavy (non-hydrogen) atoms. The van der Waals surface area contributed by atoms with Crippen molar-refractivity contribution in [1.82, 2.24) is 4.98 Å². The Morgan fingerprint density at radius 1 is 0.781 bits per heavy atom. The molecule has 0 saturated carbocycles. The molecular weight excluding hydrogens is 390 g/mol. The van der Waals surface area contributed by atoms with Gasteiger partial charge in [0.1, 0.15) is 11.2 Å². The van der Waals surface area contributed by atoms with Gasteiger partial charge in [-0.2, -0.15) is 0 Å². The maximum absolute atomic E-state index is 6.47. The van der Waals surface area contributed by atoms with Gasteiger partial charge in [-0.25, -0.2) is 0 Å². The first-order valence-electron chi connectivity index (χ1n) is 11.6. The highest BCUT2D eigenvalue weighted by atomic mass is 16.3. The second kappa shape index (κ2) is 8.27. The van der Waals surface area contributed by atoms with Gasteiger partial charge >= 0.3 is 0 Å². The summed E-state index contributed by atoms with van der Waals surface area (Å²) in [5.74, 6) is 0.562. The molecule has 0 spiro atoms. The van der Waals surface area contributed by atoms with Gasteiger partial charge in [-0.3, -0.25) is 4.98 Å². The average Bonchev–Trinajstić information content (AvgIpc) is 3.17. The van der Waals surface area contributed by atoms with E-state index in [2.05, 4.69) is 94.4 Å². The molecule has 5 aromatic rings. The van der Waals surface area contributed by atoms with E-state index in [1.54, 1.807) is 0 Å². The zero-order valence-electron chi connectivity index (χ0n) is 19.3. The lowest BCUT2D eigenvalue weighted by molar-refractivity contribution is 0.641. The summed E-state index contributed by atoms with van der Waals surface area (Å²) in [5, 5.41) is 2.28. The monoisotopic (exact) mass is 419 g/mol. The summed E-state index contributed by atoms with van der Waals surface area (Å²) in [6, 6.07) is 24.0. The van der Waals surface area contributed by atoms with E-state index in [1.807, 2.05) is 6.20 Å². The van der Waals surface area contributed by atoms with Gasteiger partial charge < -0.3 is 4.42 Å². The van der Waals surface area contributed by atoms with Crippen molar-refractivity contribution < 1.29 is 4.42 Å². The van der Waals surface area contributed by atoms with Crippen LogP contribution in [-0.2, 0) is 0 Å². The quantitative estimate of drug-likeness (QED) is 0.284. The first-order chi connectivity index (χ1) is 15.6. The third-order valence-electron chi connectivity index (χ3n) is 6.57. The van der Waals surface area contributed by atoms with Crippen LogP contribution in [0.1, 0.15) is 49.3 Å². The van der Waals surface area contributed by atoms with Gasteiger partial charge in [0.2, 0.25) is 0 Å². The summed E-state index contributed by atoms with van der Waals surface area (Å²) in [7, 11) is 0. The Kier molecular flexibility index (Phi) is 5.30. The Morgan fingerprint density at radius 2 is 1.56 bits per heavy atom. The minimum Gasteiger partial charge on any atom is -0.455 e. The highest BCUT2D eigenvalue weighted by molar-refractivity contribution is 6.10. The summed E-state index contributed by atoms with van der Waals surface area (Å²) in [5.41, 5.74) is 10.2. The summed E-state index contributed by atoms with van der Waals surface area (Å²) in [6.45, 7) is 8.79. The zero-order chi connectivity index (χ0) is 22.2. The van der Waals surface area contributed by atoms with Crippen molar-refractivity contribution >= 4 is 21.9 Å². The first kappa shape index (κ1) is 20.5. The molecule has 3 aromatic carbocycles. The van der Waals surface area contributed by atoms with Crippen molar-refractivity contribution in [2.45, 2.75) is 46.5 Å². The Bertz CT molecular complexity index is 1400. The van der Waals surface area contributed by atoms with E-state index in [0.29, 0.717) is 5.92 Å². The minimum absolute atomic E-state index is 0.562. The molecule has 2 heteroatoms. The smallest absolute Gasteiger partial charge is 0.144 e. The molecule has 0 bridgehead atoms. The topological polar surface area (TPSA) is 26.0 Å². The van der Waals surface area contributed by atoms with Crippen LogP contribution in [0.3, 0.4) is 0 Å². The Labute approximate surface area is 189 Å². The lowest BCUT2D eigenvalue weighted by Crippen LogP contribution is -1.96. The lowest BCUT2D eigenvalue weighted by Gasteiger charge is -2.13. The molecule has 5 rings (SSSR count). The number of nitrogens with zero attached hydrogens (tertiary/aromatic N) is 1. The molecule has 0 fully saturated rings. The van der Waals surface area contributed by atoms with Crippen LogP contribution >= 0.6 is 0 Å². The van der Waals surface area contributed by atoms with Crippen LogP contribution in [0.5, 0.6) is 0 Å². The molecule has 0 aliphatic rings. The summed E-state index contributed by atoms with van der Waals surface area (Å²) >= 11 is 0. The van der Waals surface area contributed by atoms with E-state index in [9.17, 15) is 0 Å². The third-order valence-corrected chi connectivity index (χ3v) is 6.57. The molecular formula is C30H29NO. The standard InChI is InChI=1S/C30H29NO/c1-5-21(6-2)23-12-13-31-28(17-23)27-9-7-8-26-25-11-10-22(18-29(25)32-30(26)27)24-15-19(3)14-20(4)16-24/h7-18,21H,5-6H2,1-4H3. The Morgan fingerprint density at radius 3 is 2.31 bits per heavy atom. The number of aromatic nitrogens is 1. The number of fused-ring (bicyclic) bond motifs is 3. The van der Waals surface area contributed by atoms with Gasteiger partial charge in [0, 0.05) is 22.5 Å². The van der Waals surface area contributed by atoms with E-state index in [1.165, 1.54) is 27.8 Å². The maximum Gasteiger partial charge on any atom is 0.144 e. The van der Waals surface area contributed by atoms with Gasteiger partial charge in [-0.15, -0.1) is 0 Å². The molecule has 0 unspecified atom stereocenters. The number of para-hydroxylation sites is 1. The molecule has 2 heterocycles. The van der Waals surface area contributed by atoms with Crippen LogP contribution in [0.2, 0.25) is 0 Å². The van der Waals surface area contributed by atoms with E-state index in [-0.39, 0.29) is 0 Å². The fourth-order valence-electron chi connectivity index (χ4n) is 4.93. The molecule has 0 aliphatic heterocycles. The van der Waals surface area contributed by atoms with Gasteiger partial charge in [0.25, 0.3) is 0 Å². The van der Waals surface area contributed by atoms with Crippen LogP contribution in [0.4, 0.5) is 0 Å². The molecule has 0 radical (unpaired) electrons. The van der Waals surface area contributed by atoms with Gasteiger partial charge in [-0.05, 0) is 79.6 Å².